The van der Waals surface area contributed by atoms with E-state index < -0.39 is 33.0 Å². The lowest BCUT2D eigenvalue weighted by molar-refractivity contribution is 0.230. The van der Waals surface area contributed by atoms with Crippen molar-refractivity contribution >= 4 is 21.4 Å². The zero-order valence-corrected chi connectivity index (χ0v) is 14.9. The standard InChI is InChI=1S/C17H12ClF2NO4S/c1-26(23,24)17-12(19)6-10(7-13(17)20)15-14(8-22)25-21-16(15)9-2-4-11(18)5-3-9/h2-7,22H,8H2,1H3. The van der Waals surface area contributed by atoms with Crippen molar-refractivity contribution in [1.82, 2.24) is 5.16 Å². The molecule has 0 saturated heterocycles. The Labute approximate surface area is 152 Å². The molecule has 0 bridgehead atoms. The van der Waals surface area contributed by atoms with Gasteiger partial charge in [-0.15, -0.1) is 0 Å². The summed E-state index contributed by atoms with van der Waals surface area (Å²) in [5.41, 5.74) is 0.924. The Morgan fingerprint density at radius 3 is 2.19 bits per heavy atom. The van der Waals surface area contributed by atoms with Crippen molar-refractivity contribution in [3.05, 3.63) is 58.8 Å². The lowest BCUT2D eigenvalue weighted by Crippen LogP contribution is -2.05. The van der Waals surface area contributed by atoms with Crippen LogP contribution in [0.15, 0.2) is 45.8 Å². The molecule has 5 nitrogen and oxygen atoms in total. The third-order valence-corrected chi connectivity index (χ3v) is 5.07. The number of aromatic nitrogens is 1. The maximum atomic E-state index is 14.3. The molecule has 1 aromatic heterocycles. The van der Waals surface area contributed by atoms with Crippen LogP contribution in [0.3, 0.4) is 0 Å². The Hall–Kier alpha value is -2.29. The second-order valence-corrected chi connectivity index (χ2v) is 7.92. The molecule has 0 saturated carbocycles. The van der Waals surface area contributed by atoms with Crippen molar-refractivity contribution in [3.63, 3.8) is 0 Å². The number of nitrogens with zero attached hydrogens (tertiary/aromatic N) is 1. The Balaban J connectivity index is 2.24. The molecule has 0 fully saturated rings. The van der Waals surface area contributed by atoms with Crippen LogP contribution in [0.4, 0.5) is 8.78 Å². The summed E-state index contributed by atoms with van der Waals surface area (Å²) in [7, 11) is -4.09. The van der Waals surface area contributed by atoms with Crippen molar-refractivity contribution in [2.24, 2.45) is 0 Å². The zero-order valence-electron chi connectivity index (χ0n) is 13.3. The fourth-order valence-corrected chi connectivity index (χ4v) is 3.55. The fourth-order valence-electron chi connectivity index (χ4n) is 2.59. The van der Waals surface area contributed by atoms with Gasteiger partial charge in [-0.05, 0) is 29.8 Å². The molecule has 0 atom stereocenters. The van der Waals surface area contributed by atoms with Crippen LogP contribution in [0.1, 0.15) is 5.76 Å². The van der Waals surface area contributed by atoms with Gasteiger partial charge in [-0.2, -0.15) is 0 Å². The third kappa shape index (κ3) is 3.35. The summed E-state index contributed by atoms with van der Waals surface area (Å²) in [4.78, 5) is -1.02. The molecule has 0 radical (unpaired) electrons. The van der Waals surface area contributed by atoms with Gasteiger partial charge in [0.2, 0.25) is 0 Å². The Morgan fingerprint density at radius 1 is 1.12 bits per heavy atom. The summed E-state index contributed by atoms with van der Waals surface area (Å²) in [6.07, 6.45) is 0.714. The Morgan fingerprint density at radius 2 is 1.69 bits per heavy atom. The van der Waals surface area contributed by atoms with Gasteiger partial charge in [0.1, 0.15) is 28.8 Å². The van der Waals surface area contributed by atoms with E-state index in [4.69, 9.17) is 16.1 Å². The summed E-state index contributed by atoms with van der Waals surface area (Å²) in [6.45, 7) is -0.563. The molecule has 0 amide bonds. The van der Waals surface area contributed by atoms with Crippen LogP contribution in [0.5, 0.6) is 0 Å². The van der Waals surface area contributed by atoms with Crippen LogP contribution in [0.2, 0.25) is 5.02 Å². The predicted molar refractivity (Wildman–Crippen MR) is 91.3 cm³/mol. The molecular formula is C17H12ClF2NO4S. The van der Waals surface area contributed by atoms with Gasteiger partial charge in [0.05, 0.1) is 5.56 Å². The van der Waals surface area contributed by atoms with Crippen molar-refractivity contribution in [3.8, 4) is 22.4 Å². The van der Waals surface area contributed by atoms with Crippen molar-refractivity contribution < 1.29 is 26.8 Å². The fraction of sp³-hybridized carbons (Fsp3) is 0.118. The molecule has 0 aliphatic heterocycles. The number of benzene rings is 2. The van der Waals surface area contributed by atoms with Gasteiger partial charge in [0.25, 0.3) is 0 Å². The maximum absolute atomic E-state index is 14.3. The van der Waals surface area contributed by atoms with Crippen LogP contribution in [-0.4, -0.2) is 24.9 Å². The van der Waals surface area contributed by atoms with E-state index in [0.29, 0.717) is 16.8 Å². The van der Waals surface area contributed by atoms with E-state index in [2.05, 4.69) is 5.16 Å². The summed E-state index contributed by atoms with van der Waals surface area (Å²) in [5, 5.41) is 13.8. The van der Waals surface area contributed by atoms with Crippen LogP contribution >= 0.6 is 11.6 Å². The van der Waals surface area contributed by atoms with Gasteiger partial charge < -0.3 is 9.63 Å². The monoisotopic (exact) mass is 399 g/mol. The Bertz CT molecular complexity index is 1060. The minimum atomic E-state index is -4.09. The van der Waals surface area contributed by atoms with Crippen LogP contribution in [0, 0.1) is 11.6 Å². The molecule has 9 heteroatoms. The average molecular weight is 400 g/mol. The molecule has 0 unspecified atom stereocenters. The first kappa shape index (κ1) is 18.5. The van der Waals surface area contributed by atoms with E-state index in [1.165, 1.54) is 0 Å². The largest absolute Gasteiger partial charge is 0.388 e. The van der Waals surface area contributed by atoms with Gasteiger partial charge >= 0.3 is 0 Å². The molecule has 0 aliphatic rings. The minimum absolute atomic E-state index is 0.0114. The first-order chi connectivity index (χ1) is 12.2. The highest BCUT2D eigenvalue weighted by molar-refractivity contribution is 7.90. The number of sulfone groups is 1. The highest BCUT2D eigenvalue weighted by Gasteiger charge is 2.25. The molecule has 1 N–H and O–H groups in total. The predicted octanol–water partition coefficient (Wildman–Crippen LogP) is 3.84. The lowest BCUT2D eigenvalue weighted by atomic mass is 9.99. The first-order valence-electron chi connectivity index (χ1n) is 7.27. The molecule has 3 rings (SSSR count). The second kappa shape index (κ2) is 6.79. The minimum Gasteiger partial charge on any atom is -0.388 e. The number of rotatable bonds is 4. The number of aliphatic hydroxyl groups excluding tert-OH is 1. The number of halogens is 3. The van der Waals surface area contributed by atoms with Crippen molar-refractivity contribution in [2.75, 3.05) is 6.26 Å². The molecule has 26 heavy (non-hydrogen) atoms. The van der Waals surface area contributed by atoms with E-state index in [0.717, 1.165) is 12.1 Å². The van der Waals surface area contributed by atoms with Crippen LogP contribution in [-0.2, 0) is 16.4 Å². The molecule has 0 aliphatic carbocycles. The quantitative estimate of drug-likeness (QED) is 0.721. The summed E-state index contributed by atoms with van der Waals surface area (Å²) >= 11 is 5.85. The van der Waals surface area contributed by atoms with Gasteiger partial charge in [-0.3, -0.25) is 0 Å². The van der Waals surface area contributed by atoms with Gasteiger partial charge in [-0.1, -0.05) is 28.9 Å². The smallest absolute Gasteiger partial charge is 0.181 e. The summed E-state index contributed by atoms with van der Waals surface area (Å²) in [6, 6.07) is 8.18. The van der Waals surface area contributed by atoms with E-state index in [-0.39, 0.29) is 22.6 Å². The molecule has 136 valence electrons. The van der Waals surface area contributed by atoms with Gasteiger partial charge in [-0.25, -0.2) is 17.2 Å². The Kier molecular flexibility index (Phi) is 4.83. The topological polar surface area (TPSA) is 80.4 Å². The number of hydrogen-bond acceptors (Lipinski definition) is 5. The van der Waals surface area contributed by atoms with E-state index in [1.807, 2.05) is 0 Å². The zero-order chi connectivity index (χ0) is 19.1. The van der Waals surface area contributed by atoms with Crippen LogP contribution in [0.25, 0.3) is 22.4 Å². The van der Waals surface area contributed by atoms with Crippen molar-refractivity contribution in [1.29, 1.82) is 0 Å². The van der Waals surface area contributed by atoms with Gasteiger partial charge in [0.15, 0.2) is 15.6 Å². The van der Waals surface area contributed by atoms with E-state index in [9.17, 15) is 22.3 Å². The first-order valence-corrected chi connectivity index (χ1v) is 9.54. The van der Waals surface area contributed by atoms with Gasteiger partial charge in [0, 0.05) is 16.8 Å². The average Bonchev–Trinajstić information content (AvgIpc) is 2.97. The number of hydrogen-bond donors (Lipinski definition) is 1. The highest BCUT2D eigenvalue weighted by Crippen LogP contribution is 2.37. The lowest BCUT2D eigenvalue weighted by Gasteiger charge is -2.08. The SMILES string of the molecule is CS(=O)(=O)c1c(F)cc(-c2c(-c3ccc(Cl)cc3)noc2CO)cc1F. The van der Waals surface area contributed by atoms with E-state index in [1.54, 1.807) is 24.3 Å². The molecule has 3 aromatic rings. The van der Waals surface area contributed by atoms with E-state index >= 15 is 0 Å². The third-order valence-electron chi connectivity index (χ3n) is 3.68. The maximum Gasteiger partial charge on any atom is 0.181 e. The molecule has 0 spiro atoms. The molecule has 2 aromatic carbocycles. The normalized spacial score (nSPS) is 11.7. The number of aliphatic hydroxyl groups is 1. The van der Waals surface area contributed by atoms with Crippen LogP contribution < -0.4 is 0 Å². The second-order valence-electron chi connectivity index (χ2n) is 5.54. The molecular weight excluding hydrogens is 388 g/mol. The summed E-state index contributed by atoms with van der Waals surface area (Å²) in [5.74, 6) is -2.50. The summed E-state index contributed by atoms with van der Waals surface area (Å²) < 4.78 is 56.7. The van der Waals surface area contributed by atoms with Crippen molar-refractivity contribution in [2.45, 2.75) is 11.5 Å². The highest BCUT2D eigenvalue weighted by atomic mass is 35.5. The molecule has 1 heterocycles.